The van der Waals surface area contributed by atoms with Gasteiger partial charge in [0, 0.05) is 17.1 Å². The Morgan fingerprint density at radius 2 is 2.05 bits per heavy atom. The topological polar surface area (TPSA) is 61.0 Å². The second kappa shape index (κ2) is 5.13. The summed E-state index contributed by atoms with van der Waals surface area (Å²) >= 11 is 0. The number of benzene rings is 2. The summed E-state index contributed by atoms with van der Waals surface area (Å²) in [6.07, 6.45) is 3.14. The summed E-state index contributed by atoms with van der Waals surface area (Å²) in [5.74, 6) is 0.200. The van der Waals surface area contributed by atoms with E-state index < -0.39 is 0 Å². The largest absolute Gasteiger partial charge is 0.487 e. The fourth-order valence-electron chi connectivity index (χ4n) is 1.92. The fraction of sp³-hybridized carbons (Fsp3) is 0.0667. The molecule has 0 aliphatic rings. The molecule has 3 rings (SSSR count). The average Bonchev–Trinajstić information content (AvgIpc) is 2.46. The molecule has 0 aliphatic heterocycles. The van der Waals surface area contributed by atoms with Crippen LogP contribution in [-0.4, -0.2) is 9.97 Å². The van der Waals surface area contributed by atoms with Gasteiger partial charge in [-0.3, -0.25) is 0 Å². The Morgan fingerprint density at radius 3 is 2.90 bits per heavy atom. The van der Waals surface area contributed by atoms with Gasteiger partial charge >= 0.3 is 0 Å². The number of nitrogens with two attached hydrogens (primary N) is 1. The molecular formula is C15H12FN3O. The molecule has 3 aromatic rings. The van der Waals surface area contributed by atoms with Crippen molar-refractivity contribution in [3.63, 3.8) is 0 Å². The Kier molecular flexibility index (Phi) is 3.16. The number of hydrogen-bond donors (Lipinski definition) is 1. The monoisotopic (exact) mass is 269 g/mol. The molecule has 4 nitrogen and oxygen atoms in total. The Morgan fingerprint density at radius 1 is 1.20 bits per heavy atom. The summed E-state index contributed by atoms with van der Waals surface area (Å²) in [4.78, 5) is 8.06. The first-order valence-electron chi connectivity index (χ1n) is 6.09. The van der Waals surface area contributed by atoms with Crippen molar-refractivity contribution in [2.75, 3.05) is 5.73 Å². The molecule has 0 unspecified atom stereocenters. The molecule has 0 fully saturated rings. The third-order valence-electron chi connectivity index (χ3n) is 2.98. The highest BCUT2D eigenvalue weighted by Crippen LogP contribution is 2.27. The number of nitrogens with zero attached hydrogens (tertiary/aromatic N) is 2. The molecule has 0 saturated heterocycles. The minimum atomic E-state index is -0.296. The molecule has 0 atom stereocenters. The normalized spacial score (nSPS) is 10.7. The summed E-state index contributed by atoms with van der Waals surface area (Å²) < 4.78 is 19.1. The molecule has 0 amide bonds. The highest BCUT2D eigenvalue weighted by molar-refractivity contribution is 5.84. The number of aromatic nitrogens is 2. The first-order chi connectivity index (χ1) is 9.74. The fourth-order valence-corrected chi connectivity index (χ4v) is 1.92. The van der Waals surface area contributed by atoms with Gasteiger partial charge in [-0.2, -0.15) is 0 Å². The van der Waals surface area contributed by atoms with E-state index in [0.717, 1.165) is 10.9 Å². The van der Waals surface area contributed by atoms with Crippen LogP contribution >= 0.6 is 0 Å². The lowest BCUT2D eigenvalue weighted by atomic mass is 10.2. The second-order valence-corrected chi connectivity index (χ2v) is 4.35. The van der Waals surface area contributed by atoms with Gasteiger partial charge in [-0.15, -0.1) is 0 Å². The van der Waals surface area contributed by atoms with Crippen molar-refractivity contribution in [1.82, 2.24) is 9.97 Å². The van der Waals surface area contributed by atoms with Crippen LogP contribution in [0.4, 0.5) is 10.1 Å². The van der Waals surface area contributed by atoms with Crippen molar-refractivity contribution in [2.24, 2.45) is 0 Å². The maximum Gasteiger partial charge on any atom is 0.143 e. The van der Waals surface area contributed by atoms with Crippen molar-refractivity contribution >= 4 is 16.6 Å². The number of fused-ring (bicyclic) bond motifs is 1. The summed E-state index contributed by atoms with van der Waals surface area (Å²) in [5.41, 5.74) is 7.60. The summed E-state index contributed by atoms with van der Waals surface area (Å²) in [5, 5.41) is 0.824. The summed E-state index contributed by atoms with van der Waals surface area (Å²) in [6, 6.07) is 9.95. The number of rotatable bonds is 3. The van der Waals surface area contributed by atoms with E-state index in [1.165, 1.54) is 12.4 Å². The molecule has 0 saturated carbocycles. The molecule has 100 valence electrons. The van der Waals surface area contributed by atoms with E-state index in [0.29, 0.717) is 17.0 Å². The van der Waals surface area contributed by atoms with Crippen LogP contribution in [0.3, 0.4) is 0 Å². The van der Waals surface area contributed by atoms with Crippen molar-refractivity contribution < 1.29 is 9.13 Å². The zero-order valence-electron chi connectivity index (χ0n) is 10.6. The number of nitrogen functional groups attached to an aromatic ring is 1. The molecule has 2 N–H and O–H groups in total. The van der Waals surface area contributed by atoms with Crippen LogP contribution in [0.5, 0.6) is 5.75 Å². The number of anilines is 1. The second-order valence-electron chi connectivity index (χ2n) is 4.35. The minimum absolute atomic E-state index is 0.121. The van der Waals surface area contributed by atoms with Crippen LogP contribution in [0.1, 0.15) is 5.56 Å². The number of ether oxygens (including phenoxy) is 1. The van der Waals surface area contributed by atoms with Crippen molar-refractivity contribution in [3.05, 3.63) is 60.3 Å². The molecule has 0 bridgehead atoms. The molecule has 5 heteroatoms. The predicted molar refractivity (Wildman–Crippen MR) is 74.7 cm³/mol. The van der Waals surface area contributed by atoms with Gasteiger partial charge in [0.25, 0.3) is 0 Å². The van der Waals surface area contributed by atoms with E-state index in [1.54, 1.807) is 36.5 Å². The Bertz CT molecular complexity index is 761. The Labute approximate surface area is 115 Å². The van der Waals surface area contributed by atoms with Crippen LogP contribution in [0.15, 0.2) is 48.9 Å². The summed E-state index contributed by atoms with van der Waals surface area (Å²) in [6.45, 7) is 0.121. The third-order valence-corrected chi connectivity index (χ3v) is 2.98. The lowest BCUT2D eigenvalue weighted by Crippen LogP contribution is -2.01. The molecular weight excluding hydrogens is 257 g/mol. The van der Waals surface area contributed by atoms with Gasteiger partial charge < -0.3 is 10.5 Å². The first-order valence-corrected chi connectivity index (χ1v) is 6.09. The molecule has 20 heavy (non-hydrogen) atoms. The molecule has 0 radical (unpaired) electrons. The van der Waals surface area contributed by atoms with Crippen molar-refractivity contribution in [2.45, 2.75) is 6.61 Å². The van der Waals surface area contributed by atoms with E-state index in [1.807, 2.05) is 0 Å². The Hall–Kier alpha value is -2.69. The van der Waals surface area contributed by atoms with Gasteiger partial charge in [-0.25, -0.2) is 14.4 Å². The van der Waals surface area contributed by atoms with Crippen LogP contribution in [0.2, 0.25) is 0 Å². The van der Waals surface area contributed by atoms with Crippen molar-refractivity contribution in [1.29, 1.82) is 0 Å². The maximum absolute atomic E-state index is 13.5. The highest BCUT2D eigenvalue weighted by Gasteiger charge is 2.06. The van der Waals surface area contributed by atoms with E-state index in [-0.39, 0.29) is 12.4 Å². The van der Waals surface area contributed by atoms with Gasteiger partial charge in [0.1, 0.15) is 24.5 Å². The number of halogens is 1. The smallest absolute Gasteiger partial charge is 0.143 e. The van der Waals surface area contributed by atoms with Gasteiger partial charge in [0.15, 0.2) is 0 Å². The summed E-state index contributed by atoms with van der Waals surface area (Å²) in [7, 11) is 0. The van der Waals surface area contributed by atoms with Crippen LogP contribution in [-0.2, 0) is 6.61 Å². The predicted octanol–water partition coefficient (Wildman–Crippen LogP) is 2.93. The molecule has 1 aromatic heterocycles. The lowest BCUT2D eigenvalue weighted by Gasteiger charge is -2.10. The van der Waals surface area contributed by atoms with E-state index >= 15 is 0 Å². The SMILES string of the molecule is Nc1cc2ncncc2cc1OCc1ccccc1F. The van der Waals surface area contributed by atoms with Gasteiger partial charge in [-0.05, 0) is 18.2 Å². The minimum Gasteiger partial charge on any atom is -0.487 e. The average molecular weight is 269 g/mol. The zero-order valence-corrected chi connectivity index (χ0v) is 10.6. The van der Waals surface area contributed by atoms with Crippen LogP contribution < -0.4 is 10.5 Å². The van der Waals surface area contributed by atoms with Gasteiger partial charge in [0.05, 0.1) is 11.2 Å². The first kappa shape index (κ1) is 12.3. The van der Waals surface area contributed by atoms with E-state index in [2.05, 4.69) is 9.97 Å². The molecule has 1 heterocycles. The Balaban J connectivity index is 1.87. The van der Waals surface area contributed by atoms with Crippen LogP contribution in [0.25, 0.3) is 10.9 Å². The maximum atomic E-state index is 13.5. The third kappa shape index (κ3) is 2.38. The lowest BCUT2D eigenvalue weighted by molar-refractivity contribution is 0.302. The zero-order chi connectivity index (χ0) is 13.9. The van der Waals surface area contributed by atoms with Crippen LogP contribution in [0, 0.1) is 5.82 Å². The van der Waals surface area contributed by atoms with Gasteiger partial charge in [0.2, 0.25) is 0 Å². The molecule has 0 spiro atoms. The molecule has 2 aromatic carbocycles. The number of hydrogen-bond acceptors (Lipinski definition) is 4. The van der Waals surface area contributed by atoms with E-state index in [9.17, 15) is 4.39 Å². The standard InChI is InChI=1S/C15H12FN3O/c16-12-4-2-1-3-10(12)8-20-15-5-11-7-18-9-19-14(11)6-13(15)17/h1-7,9H,8,17H2. The van der Waals surface area contributed by atoms with E-state index in [4.69, 9.17) is 10.5 Å². The molecule has 0 aliphatic carbocycles. The van der Waals surface area contributed by atoms with Crippen molar-refractivity contribution in [3.8, 4) is 5.75 Å². The quantitative estimate of drug-likeness (QED) is 0.743. The van der Waals surface area contributed by atoms with Gasteiger partial charge in [-0.1, -0.05) is 18.2 Å². The highest BCUT2D eigenvalue weighted by atomic mass is 19.1.